The van der Waals surface area contributed by atoms with E-state index in [1.165, 1.54) is 6.42 Å². The quantitative estimate of drug-likeness (QED) is 0.915. The van der Waals surface area contributed by atoms with Crippen LogP contribution in [0.15, 0.2) is 0 Å². The summed E-state index contributed by atoms with van der Waals surface area (Å²) < 4.78 is 1.99. The highest BCUT2D eigenvalue weighted by molar-refractivity contribution is 5.76. The van der Waals surface area contributed by atoms with Gasteiger partial charge in [0.15, 0.2) is 0 Å². The van der Waals surface area contributed by atoms with Crippen molar-refractivity contribution in [1.29, 1.82) is 0 Å². The zero-order valence-corrected chi connectivity index (χ0v) is 14.4. The van der Waals surface area contributed by atoms with Crippen molar-refractivity contribution in [2.75, 3.05) is 13.1 Å². The molecular formula is C17H29N5O. The number of carbonyl (C=O) groups is 1. The zero-order valence-electron chi connectivity index (χ0n) is 14.4. The van der Waals surface area contributed by atoms with Gasteiger partial charge in [-0.2, -0.15) is 5.10 Å². The third kappa shape index (κ3) is 3.91. The average molecular weight is 319 g/mol. The van der Waals surface area contributed by atoms with Crippen molar-refractivity contribution in [1.82, 2.24) is 19.7 Å². The van der Waals surface area contributed by atoms with Crippen LogP contribution in [0.3, 0.4) is 0 Å². The van der Waals surface area contributed by atoms with Crippen LogP contribution in [0.2, 0.25) is 0 Å². The fourth-order valence-corrected chi connectivity index (χ4v) is 4.09. The van der Waals surface area contributed by atoms with Crippen LogP contribution in [-0.2, 0) is 11.3 Å². The molecule has 1 unspecified atom stereocenters. The lowest BCUT2D eigenvalue weighted by Gasteiger charge is -2.33. The van der Waals surface area contributed by atoms with E-state index < -0.39 is 0 Å². The number of amides is 1. The molecule has 2 heterocycles. The van der Waals surface area contributed by atoms with Gasteiger partial charge in [-0.15, -0.1) is 0 Å². The minimum absolute atomic E-state index is 0.223. The van der Waals surface area contributed by atoms with E-state index in [1.807, 2.05) is 18.5 Å². The first kappa shape index (κ1) is 16.4. The first-order valence-corrected chi connectivity index (χ1v) is 8.94. The summed E-state index contributed by atoms with van der Waals surface area (Å²) in [6, 6.07) is 0.223. The highest BCUT2D eigenvalue weighted by Gasteiger charge is 2.30. The summed E-state index contributed by atoms with van der Waals surface area (Å²) in [5.74, 6) is 2.95. The van der Waals surface area contributed by atoms with Crippen LogP contribution < -0.4 is 5.73 Å². The lowest BCUT2D eigenvalue weighted by Crippen LogP contribution is -2.42. The highest BCUT2D eigenvalue weighted by atomic mass is 16.2. The average Bonchev–Trinajstić information content (AvgIpc) is 3.05. The van der Waals surface area contributed by atoms with Crippen LogP contribution in [0.25, 0.3) is 0 Å². The van der Waals surface area contributed by atoms with E-state index in [0.717, 1.165) is 57.0 Å². The van der Waals surface area contributed by atoms with Gasteiger partial charge in [0.05, 0.1) is 0 Å². The second-order valence-corrected chi connectivity index (χ2v) is 7.30. The molecular weight excluding hydrogens is 290 g/mol. The summed E-state index contributed by atoms with van der Waals surface area (Å²) in [5, 5.41) is 4.45. The van der Waals surface area contributed by atoms with Crippen LogP contribution in [-0.4, -0.2) is 44.7 Å². The van der Waals surface area contributed by atoms with Gasteiger partial charge in [-0.05, 0) is 51.4 Å². The van der Waals surface area contributed by atoms with Crippen molar-refractivity contribution in [2.45, 2.75) is 65.0 Å². The number of rotatable bonds is 4. The van der Waals surface area contributed by atoms with E-state index in [-0.39, 0.29) is 6.04 Å². The number of aryl methyl sites for hydroxylation is 2. The number of carbonyl (C=O) groups excluding carboxylic acids is 1. The van der Waals surface area contributed by atoms with Gasteiger partial charge in [0, 0.05) is 32.1 Å². The van der Waals surface area contributed by atoms with Crippen molar-refractivity contribution in [3.8, 4) is 0 Å². The topological polar surface area (TPSA) is 77.0 Å². The number of hydrogen-bond donors (Lipinski definition) is 1. The van der Waals surface area contributed by atoms with E-state index in [4.69, 9.17) is 5.73 Å². The molecule has 0 spiro atoms. The second-order valence-electron chi connectivity index (χ2n) is 7.30. The molecule has 3 rings (SSSR count). The Labute approximate surface area is 138 Å². The Morgan fingerprint density at radius 2 is 2.09 bits per heavy atom. The van der Waals surface area contributed by atoms with E-state index >= 15 is 0 Å². The molecule has 0 aromatic carbocycles. The number of nitrogens with two attached hydrogens (primary N) is 1. The van der Waals surface area contributed by atoms with Gasteiger partial charge >= 0.3 is 0 Å². The summed E-state index contributed by atoms with van der Waals surface area (Å²) in [7, 11) is 0. The predicted octanol–water partition coefficient (Wildman–Crippen LogP) is 1.65. The molecule has 2 N–H and O–H groups in total. The molecule has 1 aliphatic heterocycles. The molecule has 1 aromatic rings. The molecule has 0 radical (unpaired) electrons. The van der Waals surface area contributed by atoms with Gasteiger partial charge in [-0.1, -0.05) is 6.42 Å². The lowest BCUT2D eigenvalue weighted by molar-refractivity contribution is -0.134. The lowest BCUT2D eigenvalue weighted by atomic mass is 9.95. The molecule has 1 aromatic heterocycles. The number of aromatic nitrogens is 3. The van der Waals surface area contributed by atoms with Crippen LogP contribution >= 0.6 is 0 Å². The van der Waals surface area contributed by atoms with E-state index in [9.17, 15) is 4.79 Å². The number of piperidine rings is 1. The molecule has 1 saturated heterocycles. The summed E-state index contributed by atoms with van der Waals surface area (Å²) in [4.78, 5) is 19.0. The normalized spacial score (nSPS) is 28.3. The van der Waals surface area contributed by atoms with Crippen molar-refractivity contribution < 1.29 is 4.79 Å². The molecule has 1 amide bonds. The van der Waals surface area contributed by atoms with Crippen molar-refractivity contribution in [3.63, 3.8) is 0 Å². The van der Waals surface area contributed by atoms with Crippen LogP contribution in [0.1, 0.15) is 50.2 Å². The fourth-order valence-electron chi connectivity index (χ4n) is 4.09. The first-order chi connectivity index (χ1) is 11.0. The minimum atomic E-state index is 0.223. The largest absolute Gasteiger partial charge is 0.342 e. The van der Waals surface area contributed by atoms with Gasteiger partial charge in [0.2, 0.25) is 5.91 Å². The van der Waals surface area contributed by atoms with Crippen LogP contribution in [0.5, 0.6) is 0 Å². The SMILES string of the molecule is Cc1nc(C)n(CC2CCCN(C(=O)C[C@@H]3CCC[C@H]3N)C2)n1. The van der Waals surface area contributed by atoms with Gasteiger partial charge in [-0.25, -0.2) is 9.67 Å². The molecule has 23 heavy (non-hydrogen) atoms. The molecule has 2 fully saturated rings. The number of hydrogen-bond acceptors (Lipinski definition) is 4. The van der Waals surface area contributed by atoms with Gasteiger partial charge in [-0.3, -0.25) is 4.79 Å². The van der Waals surface area contributed by atoms with Gasteiger partial charge in [0.1, 0.15) is 11.6 Å². The molecule has 2 aliphatic rings. The maximum absolute atomic E-state index is 12.6. The van der Waals surface area contributed by atoms with Crippen LogP contribution in [0, 0.1) is 25.7 Å². The summed E-state index contributed by atoms with van der Waals surface area (Å²) in [6.07, 6.45) is 6.24. The van der Waals surface area contributed by atoms with E-state index in [2.05, 4.69) is 15.0 Å². The molecule has 0 bridgehead atoms. The Kier molecular flexibility index (Phi) is 4.99. The number of likely N-dealkylation sites (tertiary alicyclic amines) is 1. The monoisotopic (exact) mass is 319 g/mol. The van der Waals surface area contributed by atoms with Gasteiger partial charge < -0.3 is 10.6 Å². The summed E-state index contributed by atoms with van der Waals surface area (Å²) in [6.45, 7) is 6.52. The Morgan fingerprint density at radius 1 is 1.26 bits per heavy atom. The summed E-state index contributed by atoms with van der Waals surface area (Å²) >= 11 is 0. The maximum Gasteiger partial charge on any atom is 0.222 e. The third-order valence-corrected chi connectivity index (χ3v) is 5.42. The molecule has 128 valence electrons. The van der Waals surface area contributed by atoms with E-state index in [0.29, 0.717) is 24.2 Å². The second kappa shape index (κ2) is 6.99. The predicted molar refractivity (Wildman–Crippen MR) is 88.7 cm³/mol. The fraction of sp³-hybridized carbons (Fsp3) is 0.824. The Balaban J connectivity index is 1.55. The summed E-state index contributed by atoms with van der Waals surface area (Å²) in [5.41, 5.74) is 6.12. The molecule has 1 saturated carbocycles. The third-order valence-electron chi connectivity index (χ3n) is 5.42. The van der Waals surface area contributed by atoms with Crippen molar-refractivity contribution in [3.05, 3.63) is 11.6 Å². The molecule has 1 aliphatic carbocycles. The minimum Gasteiger partial charge on any atom is -0.342 e. The first-order valence-electron chi connectivity index (χ1n) is 8.94. The molecule has 6 nitrogen and oxygen atoms in total. The Hall–Kier alpha value is -1.43. The Morgan fingerprint density at radius 3 is 2.74 bits per heavy atom. The highest BCUT2D eigenvalue weighted by Crippen LogP contribution is 2.28. The Bertz CT molecular complexity index is 555. The van der Waals surface area contributed by atoms with Gasteiger partial charge in [0.25, 0.3) is 0 Å². The molecule has 6 heteroatoms. The van der Waals surface area contributed by atoms with Crippen LogP contribution in [0.4, 0.5) is 0 Å². The smallest absolute Gasteiger partial charge is 0.222 e. The maximum atomic E-state index is 12.6. The zero-order chi connectivity index (χ0) is 16.4. The van der Waals surface area contributed by atoms with Crippen molar-refractivity contribution in [2.24, 2.45) is 17.6 Å². The number of nitrogens with zero attached hydrogens (tertiary/aromatic N) is 4. The molecule has 3 atom stereocenters. The van der Waals surface area contributed by atoms with E-state index in [1.54, 1.807) is 0 Å². The standard InChI is InChI=1S/C17H29N5O/c1-12-19-13(2)22(20-12)11-14-5-4-8-21(10-14)17(23)9-15-6-3-7-16(15)18/h14-16H,3-11,18H2,1-2H3/t14?,15-,16+/m0/s1. The van der Waals surface area contributed by atoms with Crippen molar-refractivity contribution >= 4 is 5.91 Å².